The van der Waals surface area contributed by atoms with Gasteiger partial charge in [-0.25, -0.2) is 8.78 Å². The Morgan fingerprint density at radius 2 is 2.00 bits per heavy atom. The van der Waals surface area contributed by atoms with Crippen molar-refractivity contribution in [3.05, 3.63) is 15.9 Å². The fourth-order valence-corrected chi connectivity index (χ4v) is 2.14. The van der Waals surface area contributed by atoms with Gasteiger partial charge in [-0.1, -0.05) is 13.8 Å². The van der Waals surface area contributed by atoms with E-state index in [4.69, 9.17) is 0 Å². The molecule has 0 radical (unpaired) electrons. The van der Waals surface area contributed by atoms with Gasteiger partial charge in [0, 0.05) is 0 Å². The number of alkyl halides is 2. The Bertz CT molecular complexity index is 321. The molecule has 0 aliphatic heterocycles. The van der Waals surface area contributed by atoms with Crippen LogP contribution in [0.5, 0.6) is 0 Å². The first-order valence-corrected chi connectivity index (χ1v) is 5.23. The van der Waals surface area contributed by atoms with Gasteiger partial charge in [0.15, 0.2) is 0 Å². The lowest BCUT2D eigenvalue weighted by Gasteiger charge is -2.09. The Balaban J connectivity index is 3.09. The summed E-state index contributed by atoms with van der Waals surface area (Å²) in [5.41, 5.74) is 1.59. The van der Waals surface area contributed by atoms with Crippen molar-refractivity contribution in [1.29, 1.82) is 0 Å². The zero-order valence-corrected chi connectivity index (χ0v) is 9.98. The Labute approximate surface area is 90.4 Å². The minimum atomic E-state index is -2.36. The fourth-order valence-electron chi connectivity index (χ4n) is 1.40. The van der Waals surface area contributed by atoms with Crippen molar-refractivity contribution in [2.75, 3.05) is 0 Å². The van der Waals surface area contributed by atoms with Gasteiger partial charge in [0.25, 0.3) is 6.43 Å². The SMILES string of the molecule is Cc1nn(CC(F)F)c(C(C)C)c1Br. The summed E-state index contributed by atoms with van der Waals surface area (Å²) in [6.07, 6.45) is -2.36. The minimum Gasteiger partial charge on any atom is -0.262 e. The Morgan fingerprint density at radius 1 is 1.43 bits per heavy atom. The highest BCUT2D eigenvalue weighted by atomic mass is 79.9. The number of aryl methyl sites for hydroxylation is 1. The molecule has 0 aliphatic carbocycles. The van der Waals surface area contributed by atoms with Gasteiger partial charge in [-0.05, 0) is 28.8 Å². The first kappa shape index (κ1) is 11.6. The molecular formula is C9H13BrF2N2. The average molecular weight is 267 g/mol. The molecule has 80 valence electrons. The second kappa shape index (κ2) is 4.38. The topological polar surface area (TPSA) is 17.8 Å². The van der Waals surface area contributed by atoms with Crippen LogP contribution < -0.4 is 0 Å². The van der Waals surface area contributed by atoms with E-state index < -0.39 is 6.43 Å². The Kier molecular flexibility index (Phi) is 3.64. The van der Waals surface area contributed by atoms with E-state index in [9.17, 15) is 8.78 Å². The monoisotopic (exact) mass is 266 g/mol. The lowest BCUT2D eigenvalue weighted by molar-refractivity contribution is 0.120. The highest BCUT2D eigenvalue weighted by Crippen LogP contribution is 2.27. The van der Waals surface area contributed by atoms with Gasteiger partial charge in [-0.2, -0.15) is 5.10 Å². The van der Waals surface area contributed by atoms with Crippen molar-refractivity contribution < 1.29 is 8.78 Å². The van der Waals surface area contributed by atoms with Crippen molar-refractivity contribution in [3.63, 3.8) is 0 Å². The number of rotatable bonds is 3. The van der Waals surface area contributed by atoms with E-state index in [1.165, 1.54) is 4.68 Å². The summed E-state index contributed by atoms with van der Waals surface area (Å²) in [6, 6.07) is 0. The molecular weight excluding hydrogens is 254 g/mol. The number of halogens is 3. The van der Waals surface area contributed by atoms with Gasteiger partial charge in [-0.15, -0.1) is 0 Å². The Morgan fingerprint density at radius 3 is 2.43 bits per heavy atom. The highest BCUT2D eigenvalue weighted by molar-refractivity contribution is 9.10. The molecule has 0 aromatic carbocycles. The summed E-state index contributed by atoms with van der Waals surface area (Å²) >= 11 is 3.36. The first-order valence-electron chi connectivity index (χ1n) is 4.44. The van der Waals surface area contributed by atoms with Crippen LogP contribution in [-0.2, 0) is 6.54 Å². The van der Waals surface area contributed by atoms with Crippen LogP contribution in [0.3, 0.4) is 0 Å². The maximum Gasteiger partial charge on any atom is 0.257 e. The normalized spacial score (nSPS) is 11.7. The molecule has 14 heavy (non-hydrogen) atoms. The van der Waals surface area contributed by atoms with E-state index in [-0.39, 0.29) is 12.5 Å². The predicted molar refractivity (Wildman–Crippen MR) is 54.8 cm³/mol. The molecule has 1 aromatic rings. The molecule has 0 fully saturated rings. The molecule has 5 heteroatoms. The molecule has 0 atom stereocenters. The summed E-state index contributed by atoms with van der Waals surface area (Å²) in [5.74, 6) is 0.185. The molecule has 0 amide bonds. The molecule has 1 rings (SSSR count). The standard InChI is InChI=1S/C9H13BrF2N2/c1-5(2)9-8(10)6(3)13-14(9)4-7(11)12/h5,7H,4H2,1-3H3. The second-order valence-electron chi connectivity index (χ2n) is 3.51. The van der Waals surface area contributed by atoms with E-state index >= 15 is 0 Å². The molecule has 0 aliphatic rings. The maximum atomic E-state index is 12.2. The molecule has 1 aromatic heterocycles. The largest absolute Gasteiger partial charge is 0.262 e. The van der Waals surface area contributed by atoms with Gasteiger partial charge < -0.3 is 0 Å². The second-order valence-corrected chi connectivity index (χ2v) is 4.31. The van der Waals surface area contributed by atoms with Gasteiger partial charge >= 0.3 is 0 Å². The highest BCUT2D eigenvalue weighted by Gasteiger charge is 2.18. The van der Waals surface area contributed by atoms with Crippen LogP contribution in [0.2, 0.25) is 0 Å². The van der Waals surface area contributed by atoms with E-state index in [1.807, 2.05) is 13.8 Å². The molecule has 1 heterocycles. The lowest BCUT2D eigenvalue weighted by atomic mass is 10.1. The predicted octanol–water partition coefficient (Wildman–Crippen LogP) is 3.34. The van der Waals surface area contributed by atoms with E-state index in [2.05, 4.69) is 21.0 Å². The minimum absolute atomic E-state index is 0.185. The zero-order valence-electron chi connectivity index (χ0n) is 8.39. The van der Waals surface area contributed by atoms with Crippen LogP contribution in [0.25, 0.3) is 0 Å². The van der Waals surface area contributed by atoms with Crippen molar-refractivity contribution in [2.45, 2.75) is 39.7 Å². The van der Waals surface area contributed by atoms with E-state index in [0.29, 0.717) is 0 Å². The van der Waals surface area contributed by atoms with Gasteiger partial charge in [0.2, 0.25) is 0 Å². The zero-order chi connectivity index (χ0) is 10.9. The van der Waals surface area contributed by atoms with Gasteiger partial charge in [-0.3, -0.25) is 4.68 Å². The van der Waals surface area contributed by atoms with Crippen LogP contribution in [0, 0.1) is 6.92 Å². The molecule has 0 unspecified atom stereocenters. The molecule has 2 nitrogen and oxygen atoms in total. The molecule has 0 bridgehead atoms. The van der Waals surface area contributed by atoms with Crippen molar-refractivity contribution in [1.82, 2.24) is 9.78 Å². The molecule has 0 saturated carbocycles. The Hall–Kier alpha value is -0.450. The summed E-state index contributed by atoms with van der Waals surface area (Å²) in [7, 11) is 0. The van der Waals surface area contributed by atoms with Crippen LogP contribution in [0.4, 0.5) is 8.78 Å². The summed E-state index contributed by atoms with van der Waals surface area (Å²) in [5, 5.41) is 4.06. The van der Waals surface area contributed by atoms with Crippen molar-refractivity contribution >= 4 is 15.9 Å². The van der Waals surface area contributed by atoms with Crippen LogP contribution >= 0.6 is 15.9 Å². The van der Waals surface area contributed by atoms with Gasteiger partial charge in [0.05, 0.1) is 15.9 Å². The third-order valence-electron chi connectivity index (χ3n) is 1.95. The van der Waals surface area contributed by atoms with Crippen LogP contribution in [0.1, 0.15) is 31.2 Å². The molecule has 0 saturated heterocycles. The van der Waals surface area contributed by atoms with Crippen LogP contribution in [0.15, 0.2) is 4.47 Å². The number of aromatic nitrogens is 2. The quantitative estimate of drug-likeness (QED) is 0.821. The number of hydrogen-bond acceptors (Lipinski definition) is 1. The fraction of sp³-hybridized carbons (Fsp3) is 0.667. The average Bonchev–Trinajstić information content (AvgIpc) is 2.26. The third kappa shape index (κ3) is 2.32. The first-order chi connectivity index (χ1) is 6.43. The lowest BCUT2D eigenvalue weighted by Crippen LogP contribution is -2.12. The van der Waals surface area contributed by atoms with E-state index in [0.717, 1.165) is 15.9 Å². The number of nitrogens with zero attached hydrogens (tertiary/aromatic N) is 2. The molecule has 0 spiro atoms. The molecule has 0 N–H and O–H groups in total. The van der Waals surface area contributed by atoms with Gasteiger partial charge in [0.1, 0.15) is 6.54 Å². The maximum absolute atomic E-state index is 12.2. The van der Waals surface area contributed by atoms with Crippen molar-refractivity contribution in [3.8, 4) is 0 Å². The summed E-state index contributed by atoms with van der Waals surface area (Å²) < 4.78 is 26.7. The number of hydrogen-bond donors (Lipinski definition) is 0. The van der Waals surface area contributed by atoms with Crippen molar-refractivity contribution in [2.24, 2.45) is 0 Å². The van der Waals surface area contributed by atoms with Crippen LogP contribution in [-0.4, -0.2) is 16.2 Å². The summed E-state index contributed by atoms with van der Waals surface area (Å²) in [4.78, 5) is 0. The summed E-state index contributed by atoms with van der Waals surface area (Å²) in [6.45, 7) is 5.39. The van der Waals surface area contributed by atoms with E-state index in [1.54, 1.807) is 6.92 Å². The smallest absolute Gasteiger partial charge is 0.257 e. The third-order valence-corrected chi connectivity index (χ3v) is 2.93.